The predicted octanol–water partition coefficient (Wildman–Crippen LogP) is 2.98. The van der Waals surface area contributed by atoms with Gasteiger partial charge in [0.1, 0.15) is 5.75 Å². The van der Waals surface area contributed by atoms with Gasteiger partial charge in [-0.3, -0.25) is 4.79 Å². The molecule has 1 atom stereocenters. The number of benzene rings is 1. The van der Waals surface area contributed by atoms with Crippen LogP contribution in [0, 0.1) is 0 Å². The highest BCUT2D eigenvalue weighted by atomic mass is 35.5. The molecule has 2 rings (SSSR count). The number of hydrogen-bond donors (Lipinski definition) is 3. The standard InChI is InChI=1S/C15H20N2O4.ClH/c1-2-7-16-15(20)21-11-4-5-12-10(3-6-14(18)19)9-17-13(12)8-11;/h4-5,8,10,17H,2-3,6-7,9H2,1H3,(H,16,20)(H,18,19);1H. The SMILES string of the molecule is CCCNC(=O)Oc1ccc2c(c1)NCC2CCC(=O)O.Cl. The number of nitrogens with one attached hydrogen (secondary N) is 2. The lowest BCUT2D eigenvalue weighted by Crippen LogP contribution is -2.27. The molecule has 6 nitrogen and oxygen atoms in total. The maximum atomic E-state index is 11.5. The van der Waals surface area contributed by atoms with Gasteiger partial charge < -0.3 is 20.5 Å². The van der Waals surface area contributed by atoms with Gasteiger partial charge in [0.2, 0.25) is 0 Å². The number of aliphatic carboxylic acids is 1. The Balaban J connectivity index is 0.00000242. The molecular weight excluding hydrogens is 308 g/mol. The third-order valence-corrected chi connectivity index (χ3v) is 3.44. The molecule has 0 saturated carbocycles. The largest absolute Gasteiger partial charge is 0.481 e. The molecule has 1 heterocycles. The summed E-state index contributed by atoms with van der Waals surface area (Å²) in [5.41, 5.74) is 1.99. The third-order valence-electron chi connectivity index (χ3n) is 3.44. The Bertz CT molecular complexity index is 536. The van der Waals surface area contributed by atoms with E-state index in [1.165, 1.54) is 0 Å². The summed E-state index contributed by atoms with van der Waals surface area (Å²) >= 11 is 0. The lowest BCUT2D eigenvalue weighted by molar-refractivity contribution is -0.137. The van der Waals surface area contributed by atoms with Crippen molar-refractivity contribution in [3.63, 3.8) is 0 Å². The number of carboxylic acid groups (broad SMARTS) is 1. The molecule has 0 radical (unpaired) electrons. The van der Waals surface area contributed by atoms with E-state index in [-0.39, 0.29) is 24.7 Å². The van der Waals surface area contributed by atoms with Crippen molar-refractivity contribution < 1.29 is 19.4 Å². The van der Waals surface area contributed by atoms with Crippen molar-refractivity contribution >= 4 is 30.2 Å². The van der Waals surface area contributed by atoms with Crippen LogP contribution in [-0.2, 0) is 4.79 Å². The first-order valence-corrected chi connectivity index (χ1v) is 7.15. The number of amides is 1. The highest BCUT2D eigenvalue weighted by Crippen LogP contribution is 2.36. The minimum atomic E-state index is -0.781. The molecule has 1 unspecified atom stereocenters. The Hall–Kier alpha value is -1.95. The highest BCUT2D eigenvalue weighted by molar-refractivity contribution is 5.85. The van der Waals surface area contributed by atoms with E-state index in [1.54, 1.807) is 12.1 Å². The van der Waals surface area contributed by atoms with Crippen LogP contribution >= 0.6 is 12.4 Å². The molecule has 1 aliphatic rings. The van der Waals surface area contributed by atoms with Crippen molar-refractivity contribution in [1.29, 1.82) is 0 Å². The van der Waals surface area contributed by atoms with Gasteiger partial charge in [0, 0.05) is 37.2 Å². The fraction of sp³-hybridized carbons (Fsp3) is 0.467. The van der Waals surface area contributed by atoms with Crippen molar-refractivity contribution in [3.8, 4) is 5.75 Å². The van der Waals surface area contributed by atoms with Gasteiger partial charge in [-0.05, 0) is 24.5 Å². The fourth-order valence-corrected chi connectivity index (χ4v) is 2.38. The first-order valence-electron chi connectivity index (χ1n) is 7.15. The summed E-state index contributed by atoms with van der Waals surface area (Å²) in [4.78, 5) is 22.1. The van der Waals surface area contributed by atoms with E-state index >= 15 is 0 Å². The average Bonchev–Trinajstić information content (AvgIpc) is 2.85. The first kappa shape index (κ1) is 18.1. The number of carbonyl (C=O) groups is 2. The normalized spacial score (nSPS) is 15.2. The lowest BCUT2D eigenvalue weighted by Gasteiger charge is -2.10. The average molecular weight is 329 g/mol. The minimum absolute atomic E-state index is 0. The number of ether oxygens (including phenoxy) is 1. The number of halogens is 1. The van der Waals surface area contributed by atoms with E-state index in [9.17, 15) is 9.59 Å². The molecule has 122 valence electrons. The second kappa shape index (κ2) is 8.48. The van der Waals surface area contributed by atoms with Crippen LogP contribution in [0.4, 0.5) is 10.5 Å². The van der Waals surface area contributed by atoms with Gasteiger partial charge in [0.05, 0.1) is 0 Å². The molecule has 0 aromatic heterocycles. The topological polar surface area (TPSA) is 87.7 Å². The Kier molecular flexibility index (Phi) is 6.98. The molecule has 1 amide bonds. The number of fused-ring (bicyclic) bond motifs is 1. The number of carboxylic acids is 1. The number of rotatable bonds is 6. The quantitative estimate of drug-likeness (QED) is 0.747. The molecule has 22 heavy (non-hydrogen) atoms. The second-order valence-electron chi connectivity index (χ2n) is 5.08. The fourth-order valence-electron chi connectivity index (χ4n) is 2.38. The molecule has 1 aromatic carbocycles. The second-order valence-corrected chi connectivity index (χ2v) is 5.08. The van der Waals surface area contributed by atoms with Gasteiger partial charge in [-0.1, -0.05) is 13.0 Å². The molecule has 0 saturated heterocycles. The van der Waals surface area contributed by atoms with E-state index in [1.807, 2.05) is 13.0 Å². The molecule has 3 N–H and O–H groups in total. The van der Waals surface area contributed by atoms with E-state index in [0.717, 1.165) is 17.7 Å². The Labute approximate surface area is 135 Å². The summed E-state index contributed by atoms with van der Waals surface area (Å²) in [6.07, 6.45) is 1.15. The van der Waals surface area contributed by atoms with Crippen molar-refractivity contribution in [2.45, 2.75) is 32.1 Å². The van der Waals surface area contributed by atoms with Gasteiger partial charge in [-0.15, -0.1) is 12.4 Å². The highest BCUT2D eigenvalue weighted by Gasteiger charge is 2.23. The zero-order valence-electron chi connectivity index (χ0n) is 12.4. The van der Waals surface area contributed by atoms with Gasteiger partial charge >= 0.3 is 12.1 Å². The number of carbonyl (C=O) groups excluding carboxylic acids is 1. The monoisotopic (exact) mass is 328 g/mol. The summed E-state index contributed by atoms with van der Waals surface area (Å²) in [6.45, 7) is 3.27. The zero-order valence-corrected chi connectivity index (χ0v) is 13.2. The summed E-state index contributed by atoms with van der Waals surface area (Å²) in [6, 6.07) is 5.41. The molecule has 0 fully saturated rings. The van der Waals surface area contributed by atoms with Gasteiger partial charge in [-0.2, -0.15) is 0 Å². The predicted molar refractivity (Wildman–Crippen MR) is 86.1 cm³/mol. The Morgan fingerprint density at radius 1 is 1.45 bits per heavy atom. The van der Waals surface area contributed by atoms with E-state index < -0.39 is 12.1 Å². The van der Waals surface area contributed by atoms with Crippen LogP contribution in [-0.4, -0.2) is 30.3 Å². The molecule has 7 heteroatoms. The van der Waals surface area contributed by atoms with Gasteiger partial charge in [0.25, 0.3) is 0 Å². The maximum absolute atomic E-state index is 11.5. The van der Waals surface area contributed by atoms with E-state index in [2.05, 4.69) is 10.6 Å². The van der Waals surface area contributed by atoms with E-state index in [4.69, 9.17) is 9.84 Å². The van der Waals surface area contributed by atoms with Gasteiger partial charge in [0.15, 0.2) is 0 Å². The Morgan fingerprint density at radius 2 is 2.23 bits per heavy atom. The lowest BCUT2D eigenvalue weighted by atomic mass is 9.96. The molecule has 0 spiro atoms. The molecule has 1 aromatic rings. The summed E-state index contributed by atoms with van der Waals surface area (Å²) in [7, 11) is 0. The summed E-state index contributed by atoms with van der Waals surface area (Å²) in [5.74, 6) is -0.108. The van der Waals surface area contributed by atoms with Crippen LogP contribution in [0.2, 0.25) is 0 Å². The van der Waals surface area contributed by atoms with Crippen molar-refractivity contribution in [2.24, 2.45) is 0 Å². The first-order chi connectivity index (χ1) is 10.1. The van der Waals surface area contributed by atoms with Crippen LogP contribution in [0.15, 0.2) is 18.2 Å². The molecule has 0 aliphatic carbocycles. The van der Waals surface area contributed by atoms with Crippen LogP contribution in [0.3, 0.4) is 0 Å². The van der Waals surface area contributed by atoms with Gasteiger partial charge in [-0.25, -0.2) is 4.79 Å². The third kappa shape index (κ3) is 4.80. The summed E-state index contributed by atoms with van der Waals surface area (Å²) < 4.78 is 5.19. The van der Waals surface area contributed by atoms with E-state index in [0.29, 0.717) is 25.3 Å². The number of anilines is 1. The van der Waals surface area contributed by atoms with Crippen LogP contribution in [0.25, 0.3) is 0 Å². The van der Waals surface area contributed by atoms with Crippen molar-refractivity contribution in [3.05, 3.63) is 23.8 Å². The molecular formula is C15H21ClN2O4. The van der Waals surface area contributed by atoms with Crippen LogP contribution in [0.1, 0.15) is 37.7 Å². The minimum Gasteiger partial charge on any atom is -0.481 e. The summed E-state index contributed by atoms with van der Waals surface area (Å²) in [5, 5.41) is 14.6. The van der Waals surface area contributed by atoms with Crippen molar-refractivity contribution in [2.75, 3.05) is 18.4 Å². The van der Waals surface area contributed by atoms with Crippen LogP contribution < -0.4 is 15.4 Å². The maximum Gasteiger partial charge on any atom is 0.412 e. The number of hydrogen-bond acceptors (Lipinski definition) is 4. The van der Waals surface area contributed by atoms with Crippen LogP contribution in [0.5, 0.6) is 5.75 Å². The molecule has 1 aliphatic heterocycles. The molecule has 0 bridgehead atoms. The zero-order chi connectivity index (χ0) is 15.2. The smallest absolute Gasteiger partial charge is 0.412 e. The van der Waals surface area contributed by atoms with Crippen molar-refractivity contribution in [1.82, 2.24) is 5.32 Å². The Morgan fingerprint density at radius 3 is 2.91 bits per heavy atom.